The summed E-state index contributed by atoms with van der Waals surface area (Å²) in [5.74, 6) is 2.05. The predicted octanol–water partition coefficient (Wildman–Crippen LogP) is 4.57. The van der Waals surface area contributed by atoms with Crippen LogP contribution in [0.15, 0.2) is 76.3 Å². The number of hydrogen-bond donors (Lipinski definition) is 1. The van der Waals surface area contributed by atoms with E-state index in [4.69, 9.17) is 9.15 Å². The maximum absolute atomic E-state index is 5.93. The normalized spacial score (nSPS) is 16.2. The van der Waals surface area contributed by atoms with Crippen LogP contribution >= 0.6 is 24.0 Å². The van der Waals surface area contributed by atoms with E-state index in [-0.39, 0.29) is 24.0 Å². The number of aliphatic imine (C=N–C) groups is 1. The molecular formula is C24H29IN4O2. The summed E-state index contributed by atoms with van der Waals surface area (Å²) in [4.78, 5) is 11.3. The molecule has 6 nitrogen and oxygen atoms in total. The molecule has 0 spiro atoms. The molecule has 164 valence electrons. The van der Waals surface area contributed by atoms with Crippen molar-refractivity contribution in [1.29, 1.82) is 0 Å². The number of likely N-dealkylation sites (tertiary alicyclic amines) is 1. The highest BCUT2D eigenvalue weighted by molar-refractivity contribution is 14.0. The van der Waals surface area contributed by atoms with Gasteiger partial charge in [0.05, 0.1) is 25.5 Å². The number of aromatic nitrogens is 1. The molecule has 1 aliphatic heterocycles. The van der Waals surface area contributed by atoms with E-state index in [1.54, 1.807) is 6.26 Å². The van der Waals surface area contributed by atoms with Crippen LogP contribution in [0.5, 0.6) is 0 Å². The highest BCUT2D eigenvalue weighted by atomic mass is 127. The number of nitrogens with zero attached hydrogens (tertiary/aromatic N) is 3. The summed E-state index contributed by atoms with van der Waals surface area (Å²) in [6, 6.07) is 20.2. The summed E-state index contributed by atoms with van der Waals surface area (Å²) in [6.07, 6.45) is 2.81. The third-order valence-corrected chi connectivity index (χ3v) is 5.26. The topological polar surface area (TPSA) is 62.9 Å². The van der Waals surface area contributed by atoms with Crippen molar-refractivity contribution in [3.8, 4) is 11.5 Å². The molecule has 0 aliphatic carbocycles. The van der Waals surface area contributed by atoms with E-state index in [0.717, 1.165) is 43.3 Å². The molecule has 1 atom stereocenters. The number of ether oxygens (including phenoxy) is 1. The molecule has 0 saturated carbocycles. The molecule has 31 heavy (non-hydrogen) atoms. The van der Waals surface area contributed by atoms with E-state index in [0.29, 0.717) is 25.0 Å². The number of halogens is 1. The van der Waals surface area contributed by atoms with Crippen LogP contribution in [0.4, 0.5) is 0 Å². The molecule has 1 fully saturated rings. The van der Waals surface area contributed by atoms with E-state index < -0.39 is 0 Å². The molecule has 2 aromatic carbocycles. The molecule has 3 aromatic rings. The van der Waals surface area contributed by atoms with Gasteiger partial charge in [0.25, 0.3) is 0 Å². The average Bonchev–Trinajstić information content (AvgIpc) is 3.46. The van der Waals surface area contributed by atoms with Gasteiger partial charge in [-0.05, 0) is 24.1 Å². The number of rotatable bonds is 7. The Hall–Kier alpha value is -2.39. The highest BCUT2D eigenvalue weighted by Crippen LogP contribution is 2.19. The smallest absolute Gasteiger partial charge is 0.226 e. The monoisotopic (exact) mass is 532 g/mol. The third-order valence-electron chi connectivity index (χ3n) is 5.26. The molecule has 4 rings (SSSR count). The van der Waals surface area contributed by atoms with Crippen LogP contribution < -0.4 is 5.32 Å². The fourth-order valence-corrected chi connectivity index (χ4v) is 3.68. The van der Waals surface area contributed by atoms with Gasteiger partial charge in [-0.1, -0.05) is 48.5 Å². The van der Waals surface area contributed by atoms with Gasteiger partial charge in [-0.25, -0.2) is 4.98 Å². The van der Waals surface area contributed by atoms with Crippen molar-refractivity contribution < 1.29 is 9.15 Å². The first kappa shape index (κ1) is 23.3. The predicted molar refractivity (Wildman–Crippen MR) is 133 cm³/mol. The second kappa shape index (κ2) is 11.9. The molecule has 7 heteroatoms. The van der Waals surface area contributed by atoms with Crippen LogP contribution in [-0.2, 0) is 17.9 Å². The van der Waals surface area contributed by atoms with Gasteiger partial charge in [0, 0.05) is 31.6 Å². The lowest BCUT2D eigenvalue weighted by atomic mass is 10.1. The lowest BCUT2D eigenvalue weighted by Crippen LogP contribution is -2.39. The molecule has 1 aromatic heterocycles. The van der Waals surface area contributed by atoms with Gasteiger partial charge < -0.3 is 19.4 Å². The lowest BCUT2D eigenvalue weighted by Gasteiger charge is -2.21. The first-order chi connectivity index (χ1) is 14.8. The second-order valence-electron chi connectivity index (χ2n) is 7.51. The van der Waals surface area contributed by atoms with Crippen molar-refractivity contribution in [2.24, 2.45) is 10.9 Å². The van der Waals surface area contributed by atoms with Crippen molar-refractivity contribution >= 4 is 29.9 Å². The Bertz CT molecular complexity index is 946. The molecule has 2 heterocycles. The Morgan fingerprint density at radius 2 is 1.90 bits per heavy atom. The Balaban J connectivity index is 0.00000272. The van der Waals surface area contributed by atoms with Crippen LogP contribution in [0.2, 0.25) is 0 Å². The van der Waals surface area contributed by atoms with Crippen LogP contribution in [-0.4, -0.2) is 42.6 Å². The summed E-state index contributed by atoms with van der Waals surface area (Å²) in [5.41, 5.74) is 3.05. The van der Waals surface area contributed by atoms with Gasteiger partial charge in [0.1, 0.15) is 6.26 Å². The van der Waals surface area contributed by atoms with Crippen molar-refractivity contribution in [3.05, 3.63) is 78.2 Å². The van der Waals surface area contributed by atoms with Crippen LogP contribution in [0.25, 0.3) is 11.5 Å². The van der Waals surface area contributed by atoms with Crippen molar-refractivity contribution in [2.45, 2.75) is 19.6 Å². The van der Waals surface area contributed by atoms with E-state index in [1.807, 2.05) is 55.6 Å². The molecule has 0 amide bonds. The summed E-state index contributed by atoms with van der Waals surface area (Å²) in [5, 5.41) is 3.41. The molecule has 1 aliphatic rings. The fourth-order valence-electron chi connectivity index (χ4n) is 3.68. The molecule has 1 saturated heterocycles. The zero-order chi connectivity index (χ0) is 20.6. The number of nitrogens with one attached hydrogen (secondary N) is 1. The minimum Gasteiger partial charge on any atom is -0.444 e. The third kappa shape index (κ3) is 6.54. The average molecular weight is 532 g/mol. The number of hydrogen-bond acceptors (Lipinski definition) is 4. The quantitative estimate of drug-likeness (QED) is 0.275. The van der Waals surface area contributed by atoms with Gasteiger partial charge in [0.2, 0.25) is 5.89 Å². The fraction of sp³-hybridized carbons (Fsp3) is 0.333. The number of oxazole rings is 1. The summed E-state index contributed by atoms with van der Waals surface area (Å²) in [7, 11) is 1.82. The Morgan fingerprint density at radius 3 is 2.65 bits per heavy atom. The summed E-state index contributed by atoms with van der Waals surface area (Å²) < 4.78 is 11.5. The van der Waals surface area contributed by atoms with Crippen LogP contribution in [0.1, 0.15) is 17.7 Å². The second-order valence-corrected chi connectivity index (χ2v) is 7.51. The summed E-state index contributed by atoms with van der Waals surface area (Å²) >= 11 is 0. The van der Waals surface area contributed by atoms with E-state index in [1.165, 1.54) is 5.56 Å². The zero-order valence-corrected chi connectivity index (χ0v) is 20.1. The molecule has 0 radical (unpaired) electrons. The maximum atomic E-state index is 5.93. The molecule has 0 bridgehead atoms. The van der Waals surface area contributed by atoms with E-state index in [2.05, 4.69) is 32.3 Å². The minimum absolute atomic E-state index is 0. The Morgan fingerprint density at radius 1 is 1.16 bits per heavy atom. The Labute approximate surface area is 200 Å². The lowest BCUT2D eigenvalue weighted by molar-refractivity contribution is 0.0906. The molecule has 1 N–H and O–H groups in total. The van der Waals surface area contributed by atoms with Gasteiger partial charge >= 0.3 is 0 Å². The van der Waals surface area contributed by atoms with Crippen LogP contribution in [0.3, 0.4) is 0 Å². The first-order valence-electron chi connectivity index (χ1n) is 10.4. The molecule has 1 unspecified atom stereocenters. The first-order valence-corrected chi connectivity index (χ1v) is 10.4. The van der Waals surface area contributed by atoms with E-state index >= 15 is 0 Å². The SMILES string of the molecule is CN=C(NCc1coc(-c2ccccc2)n1)N1CCC(COCc2ccccc2)C1.I. The van der Waals surface area contributed by atoms with Crippen LogP contribution in [0, 0.1) is 5.92 Å². The standard InChI is InChI=1S/C24H28N4O2.HI/c1-25-24(26-14-22-18-30-23(27-22)21-10-6-3-7-11-21)28-13-12-20(15-28)17-29-16-19-8-4-2-5-9-19;/h2-11,18,20H,12-17H2,1H3,(H,25,26);1H. The minimum atomic E-state index is 0. The zero-order valence-electron chi connectivity index (χ0n) is 17.7. The van der Waals surface area contributed by atoms with Gasteiger partial charge in [-0.2, -0.15) is 0 Å². The highest BCUT2D eigenvalue weighted by Gasteiger charge is 2.25. The summed E-state index contributed by atoms with van der Waals surface area (Å²) in [6.45, 7) is 3.94. The molecular weight excluding hydrogens is 503 g/mol. The number of guanidine groups is 1. The van der Waals surface area contributed by atoms with Crippen molar-refractivity contribution in [2.75, 3.05) is 26.7 Å². The van der Waals surface area contributed by atoms with Crippen molar-refractivity contribution in [1.82, 2.24) is 15.2 Å². The van der Waals surface area contributed by atoms with E-state index in [9.17, 15) is 0 Å². The maximum Gasteiger partial charge on any atom is 0.226 e. The van der Waals surface area contributed by atoms with Crippen molar-refractivity contribution in [3.63, 3.8) is 0 Å². The van der Waals surface area contributed by atoms with Gasteiger partial charge in [-0.3, -0.25) is 4.99 Å². The largest absolute Gasteiger partial charge is 0.444 e. The Kier molecular flexibility index (Phi) is 8.90. The van der Waals surface area contributed by atoms with Gasteiger partial charge in [-0.15, -0.1) is 24.0 Å². The number of benzene rings is 2. The van der Waals surface area contributed by atoms with Gasteiger partial charge in [0.15, 0.2) is 5.96 Å².